The molecule has 6 heteroatoms. The van der Waals surface area contributed by atoms with Crippen LogP contribution in [0.25, 0.3) is 0 Å². The van der Waals surface area contributed by atoms with Gasteiger partial charge in [-0.2, -0.15) is 0 Å². The second kappa shape index (κ2) is 9.90. The summed E-state index contributed by atoms with van der Waals surface area (Å²) in [5.41, 5.74) is 2.94. The first-order valence-electron chi connectivity index (χ1n) is 9.80. The molecule has 1 aliphatic heterocycles. The number of nitrogens with zero attached hydrogens (tertiary/aromatic N) is 2. The number of nitrogens with one attached hydrogen (secondary N) is 2. The SMILES string of the molecule is Cc1cccc(NC(=O)C(=O)NCCCN2CCN(c3ccccc3)CC2)c1. The molecule has 1 aliphatic rings. The molecule has 0 radical (unpaired) electrons. The van der Waals surface area contributed by atoms with Crippen LogP contribution in [0.5, 0.6) is 0 Å². The van der Waals surface area contributed by atoms with Crippen LogP contribution in [-0.4, -0.2) is 56.0 Å². The van der Waals surface area contributed by atoms with E-state index in [0.29, 0.717) is 12.2 Å². The predicted octanol–water partition coefficient (Wildman–Crippen LogP) is 2.26. The first-order valence-corrected chi connectivity index (χ1v) is 9.80. The number of carbonyl (C=O) groups is 2. The van der Waals surface area contributed by atoms with E-state index in [1.165, 1.54) is 5.69 Å². The van der Waals surface area contributed by atoms with Crippen LogP contribution in [-0.2, 0) is 9.59 Å². The predicted molar refractivity (Wildman–Crippen MR) is 113 cm³/mol. The Kier molecular flexibility index (Phi) is 7.03. The molecule has 0 spiro atoms. The Morgan fingerprint density at radius 2 is 1.68 bits per heavy atom. The van der Waals surface area contributed by atoms with E-state index in [2.05, 4.69) is 44.7 Å². The molecule has 28 heavy (non-hydrogen) atoms. The van der Waals surface area contributed by atoms with Gasteiger partial charge in [-0.05, 0) is 49.7 Å². The molecule has 0 bridgehead atoms. The number of hydrogen-bond donors (Lipinski definition) is 2. The quantitative estimate of drug-likeness (QED) is 0.596. The Bertz CT molecular complexity index is 786. The lowest BCUT2D eigenvalue weighted by Crippen LogP contribution is -2.47. The van der Waals surface area contributed by atoms with Gasteiger partial charge in [0.25, 0.3) is 0 Å². The second-order valence-electron chi connectivity index (χ2n) is 7.10. The molecule has 0 aromatic heterocycles. The van der Waals surface area contributed by atoms with Crippen molar-refractivity contribution in [3.63, 3.8) is 0 Å². The lowest BCUT2D eigenvalue weighted by molar-refractivity contribution is -0.136. The van der Waals surface area contributed by atoms with Gasteiger partial charge in [-0.3, -0.25) is 14.5 Å². The summed E-state index contributed by atoms with van der Waals surface area (Å²) in [7, 11) is 0. The number of hydrogen-bond acceptors (Lipinski definition) is 4. The van der Waals surface area contributed by atoms with Crippen LogP contribution in [0.1, 0.15) is 12.0 Å². The number of piperazine rings is 1. The molecule has 2 aromatic carbocycles. The number of carbonyl (C=O) groups excluding carboxylic acids is 2. The first-order chi connectivity index (χ1) is 13.6. The fourth-order valence-electron chi connectivity index (χ4n) is 3.36. The van der Waals surface area contributed by atoms with Gasteiger partial charge in [0.15, 0.2) is 0 Å². The minimum atomic E-state index is -0.623. The van der Waals surface area contributed by atoms with Crippen LogP contribution < -0.4 is 15.5 Å². The summed E-state index contributed by atoms with van der Waals surface area (Å²) in [5.74, 6) is -1.21. The highest BCUT2D eigenvalue weighted by Crippen LogP contribution is 2.15. The molecule has 0 aliphatic carbocycles. The molecule has 148 valence electrons. The molecular formula is C22H28N4O2. The lowest BCUT2D eigenvalue weighted by Gasteiger charge is -2.36. The van der Waals surface area contributed by atoms with Crippen LogP contribution >= 0.6 is 0 Å². The largest absolute Gasteiger partial charge is 0.369 e. The van der Waals surface area contributed by atoms with Gasteiger partial charge < -0.3 is 15.5 Å². The van der Waals surface area contributed by atoms with Crippen molar-refractivity contribution in [1.82, 2.24) is 10.2 Å². The van der Waals surface area contributed by atoms with Gasteiger partial charge >= 0.3 is 11.8 Å². The van der Waals surface area contributed by atoms with Crippen LogP contribution in [0, 0.1) is 6.92 Å². The van der Waals surface area contributed by atoms with E-state index < -0.39 is 11.8 Å². The highest BCUT2D eigenvalue weighted by Gasteiger charge is 2.17. The van der Waals surface area contributed by atoms with E-state index in [1.54, 1.807) is 6.07 Å². The average molecular weight is 380 g/mol. The van der Waals surface area contributed by atoms with E-state index in [0.717, 1.165) is 44.7 Å². The maximum Gasteiger partial charge on any atom is 0.313 e. The monoisotopic (exact) mass is 380 g/mol. The number of aryl methyl sites for hydroxylation is 1. The third-order valence-electron chi connectivity index (χ3n) is 4.91. The third-order valence-corrected chi connectivity index (χ3v) is 4.91. The Morgan fingerprint density at radius 3 is 2.39 bits per heavy atom. The Morgan fingerprint density at radius 1 is 0.929 bits per heavy atom. The minimum Gasteiger partial charge on any atom is -0.369 e. The molecule has 0 saturated carbocycles. The molecule has 0 unspecified atom stereocenters. The molecule has 2 aromatic rings. The van der Waals surface area contributed by atoms with Crippen LogP contribution in [0.2, 0.25) is 0 Å². The Labute approximate surface area is 166 Å². The number of rotatable bonds is 6. The van der Waals surface area contributed by atoms with Crippen molar-refractivity contribution in [2.45, 2.75) is 13.3 Å². The lowest BCUT2D eigenvalue weighted by atomic mass is 10.2. The van der Waals surface area contributed by atoms with Gasteiger partial charge in [0.05, 0.1) is 0 Å². The smallest absolute Gasteiger partial charge is 0.313 e. The van der Waals surface area contributed by atoms with E-state index in [1.807, 2.05) is 31.2 Å². The van der Waals surface area contributed by atoms with Crippen LogP contribution in [0.15, 0.2) is 54.6 Å². The van der Waals surface area contributed by atoms with Crippen LogP contribution in [0.3, 0.4) is 0 Å². The second-order valence-corrected chi connectivity index (χ2v) is 7.10. The average Bonchev–Trinajstić information content (AvgIpc) is 2.72. The topological polar surface area (TPSA) is 64.7 Å². The third kappa shape index (κ3) is 5.82. The molecule has 2 N–H and O–H groups in total. The van der Waals surface area contributed by atoms with Crippen molar-refractivity contribution in [3.8, 4) is 0 Å². The van der Waals surface area contributed by atoms with Crippen LogP contribution in [0.4, 0.5) is 11.4 Å². The van der Waals surface area contributed by atoms with Crippen molar-refractivity contribution < 1.29 is 9.59 Å². The fraction of sp³-hybridized carbons (Fsp3) is 0.364. The highest BCUT2D eigenvalue weighted by atomic mass is 16.2. The normalized spacial score (nSPS) is 14.5. The fourth-order valence-corrected chi connectivity index (χ4v) is 3.36. The van der Waals surface area contributed by atoms with Gasteiger partial charge in [0.1, 0.15) is 0 Å². The summed E-state index contributed by atoms with van der Waals surface area (Å²) >= 11 is 0. The zero-order valence-corrected chi connectivity index (χ0v) is 16.4. The molecule has 1 saturated heterocycles. The molecular weight excluding hydrogens is 352 g/mol. The summed E-state index contributed by atoms with van der Waals surface area (Å²) < 4.78 is 0. The number of anilines is 2. The summed E-state index contributed by atoms with van der Waals surface area (Å²) in [6.07, 6.45) is 0.828. The summed E-state index contributed by atoms with van der Waals surface area (Å²) in [6.45, 7) is 7.40. The van der Waals surface area contributed by atoms with E-state index >= 15 is 0 Å². The van der Waals surface area contributed by atoms with Crippen molar-refractivity contribution >= 4 is 23.2 Å². The van der Waals surface area contributed by atoms with Gasteiger partial charge in [0, 0.05) is 44.1 Å². The molecule has 1 fully saturated rings. The van der Waals surface area contributed by atoms with Crippen molar-refractivity contribution in [3.05, 3.63) is 60.2 Å². The van der Waals surface area contributed by atoms with E-state index in [4.69, 9.17) is 0 Å². The zero-order valence-electron chi connectivity index (χ0n) is 16.4. The van der Waals surface area contributed by atoms with Gasteiger partial charge in [0.2, 0.25) is 0 Å². The summed E-state index contributed by atoms with van der Waals surface area (Å²) in [5, 5.41) is 5.33. The Hall–Kier alpha value is -2.86. The molecule has 1 heterocycles. The number of amides is 2. The maximum atomic E-state index is 12.0. The highest BCUT2D eigenvalue weighted by molar-refractivity contribution is 6.39. The maximum absolute atomic E-state index is 12.0. The van der Waals surface area contributed by atoms with E-state index in [9.17, 15) is 9.59 Å². The van der Waals surface area contributed by atoms with Gasteiger partial charge in [-0.15, -0.1) is 0 Å². The van der Waals surface area contributed by atoms with Gasteiger partial charge in [-0.25, -0.2) is 0 Å². The van der Waals surface area contributed by atoms with Crippen molar-refractivity contribution in [1.29, 1.82) is 0 Å². The van der Waals surface area contributed by atoms with Crippen molar-refractivity contribution in [2.75, 3.05) is 49.5 Å². The zero-order chi connectivity index (χ0) is 19.8. The molecule has 3 rings (SSSR count). The molecule has 0 atom stereocenters. The minimum absolute atomic E-state index is 0.499. The molecule has 2 amide bonds. The standard InChI is InChI=1S/C22H28N4O2/c1-18-7-5-8-19(17-18)24-22(28)21(27)23-11-6-12-25-13-15-26(16-14-25)20-9-3-2-4-10-20/h2-5,7-10,17H,6,11-16H2,1H3,(H,23,27)(H,24,28). The summed E-state index contributed by atoms with van der Waals surface area (Å²) in [6, 6.07) is 17.9. The number of benzene rings is 2. The van der Waals surface area contributed by atoms with Crippen molar-refractivity contribution in [2.24, 2.45) is 0 Å². The Balaban J connectivity index is 1.31. The van der Waals surface area contributed by atoms with Gasteiger partial charge in [-0.1, -0.05) is 30.3 Å². The first kappa shape index (κ1) is 19.9. The number of para-hydroxylation sites is 1. The van der Waals surface area contributed by atoms with E-state index in [-0.39, 0.29) is 0 Å². The molecule has 6 nitrogen and oxygen atoms in total. The summed E-state index contributed by atoms with van der Waals surface area (Å²) in [4.78, 5) is 28.7.